The molecule has 4 heteroatoms. The number of hydrogen-bond donors (Lipinski definition) is 1. The maximum Gasteiger partial charge on any atom is 0.145 e. The van der Waals surface area contributed by atoms with E-state index in [-0.39, 0.29) is 16.0 Å². The molecule has 0 aliphatic carbocycles. The third kappa shape index (κ3) is 2.55. The molecule has 1 nitrogen and oxygen atoms in total. The lowest BCUT2D eigenvalue weighted by Gasteiger charge is -2.20. The highest BCUT2D eigenvalue weighted by atomic mass is 79.9. The van der Waals surface area contributed by atoms with E-state index in [1.807, 2.05) is 13.8 Å². The van der Waals surface area contributed by atoms with Gasteiger partial charge in [-0.3, -0.25) is 0 Å². The van der Waals surface area contributed by atoms with Crippen molar-refractivity contribution in [1.82, 2.24) is 0 Å². The molecule has 2 unspecified atom stereocenters. The summed E-state index contributed by atoms with van der Waals surface area (Å²) in [5.74, 6) is -1.13. The minimum absolute atomic E-state index is 0.0290. The minimum atomic E-state index is -0.604. The van der Waals surface area contributed by atoms with Gasteiger partial charge in [-0.1, -0.05) is 20.3 Å². The van der Waals surface area contributed by atoms with Crippen molar-refractivity contribution >= 4 is 15.9 Å². The SMILES string of the molecule is CCC(C)C(N)c1c(F)ccc(Br)c1F. The molecular formula is C11H14BrF2N. The molecule has 0 bridgehead atoms. The average molecular weight is 278 g/mol. The zero-order valence-corrected chi connectivity index (χ0v) is 10.3. The predicted octanol–water partition coefficient (Wildman–Crippen LogP) is 3.77. The smallest absolute Gasteiger partial charge is 0.145 e. The fourth-order valence-corrected chi connectivity index (χ4v) is 1.73. The Kier molecular flexibility index (Phi) is 4.22. The third-order valence-electron chi connectivity index (χ3n) is 2.67. The first kappa shape index (κ1) is 12.6. The van der Waals surface area contributed by atoms with Crippen LogP contribution in [0.5, 0.6) is 0 Å². The third-order valence-corrected chi connectivity index (χ3v) is 3.28. The van der Waals surface area contributed by atoms with Crippen LogP contribution in [-0.2, 0) is 0 Å². The van der Waals surface area contributed by atoms with E-state index >= 15 is 0 Å². The van der Waals surface area contributed by atoms with E-state index in [1.54, 1.807) is 0 Å². The van der Waals surface area contributed by atoms with Crippen LogP contribution in [-0.4, -0.2) is 0 Å². The van der Waals surface area contributed by atoms with E-state index in [9.17, 15) is 8.78 Å². The van der Waals surface area contributed by atoms with Crippen LogP contribution in [0.3, 0.4) is 0 Å². The molecule has 0 aliphatic heterocycles. The molecule has 2 N–H and O–H groups in total. The van der Waals surface area contributed by atoms with Gasteiger partial charge in [0.15, 0.2) is 0 Å². The highest BCUT2D eigenvalue weighted by Crippen LogP contribution is 2.30. The number of rotatable bonds is 3. The van der Waals surface area contributed by atoms with Crippen molar-refractivity contribution < 1.29 is 8.78 Å². The second kappa shape index (κ2) is 5.03. The van der Waals surface area contributed by atoms with Crippen molar-refractivity contribution in [2.24, 2.45) is 11.7 Å². The number of halogens is 3. The van der Waals surface area contributed by atoms with Gasteiger partial charge in [0.05, 0.1) is 4.47 Å². The second-order valence-electron chi connectivity index (χ2n) is 3.67. The predicted molar refractivity (Wildman–Crippen MR) is 60.4 cm³/mol. The van der Waals surface area contributed by atoms with Crippen molar-refractivity contribution in [3.05, 3.63) is 33.8 Å². The minimum Gasteiger partial charge on any atom is -0.324 e. The van der Waals surface area contributed by atoms with Gasteiger partial charge in [-0.2, -0.15) is 0 Å². The van der Waals surface area contributed by atoms with E-state index < -0.39 is 17.7 Å². The molecule has 0 aromatic heterocycles. The maximum absolute atomic E-state index is 13.6. The fourth-order valence-electron chi connectivity index (χ4n) is 1.39. The molecule has 0 radical (unpaired) electrons. The highest BCUT2D eigenvalue weighted by molar-refractivity contribution is 9.10. The lowest BCUT2D eigenvalue weighted by molar-refractivity contribution is 0.418. The summed E-state index contributed by atoms with van der Waals surface area (Å²) >= 11 is 3.02. The number of nitrogens with two attached hydrogens (primary N) is 1. The topological polar surface area (TPSA) is 26.0 Å². The normalized spacial score (nSPS) is 15.1. The quantitative estimate of drug-likeness (QED) is 0.837. The van der Waals surface area contributed by atoms with Gasteiger partial charge in [-0.05, 0) is 34.0 Å². The lowest BCUT2D eigenvalue weighted by Crippen LogP contribution is -2.21. The summed E-state index contributed by atoms with van der Waals surface area (Å²) in [6, 6.07) is 1.97. The summed E-state index contributed by atoms with van der Waals surface area (Å²) in [6.45, 7) is 3.82. The van der Waals surface area contributed by atoms with Crippen LogP contribution < -0.4 is 5.73 Å². The van der Waals surface area contributed by atoms with Crippen LogP contribution >= 0.6 is 15.9 Å². The summed E-state index contributed by atoms with van der Waals surface area (Å²) in [7, 11) is 0. The number of benzene rings is 1. The Hall–Kier alpha value is -0.480. The Morgan fingerprint density at radius 3 is 2.53 bits per heavy atom. The summed E-state index contributed by atoms with van der Waals surface area (Å²) < 4.78 is 27.3. The standard InChI is InChI=1S/C11H14BrF2N/c1-3-6(2)11(15)9-8(13)5-4-7(12)10(9)14/h4-6,11H,3,15H2,1-2H3. The van der Waals surface area contributed by atoms with Crippen molar-refractivity contribution in [2.45, 2.75) is 26.3 Å². The van der Waals surface area contributed by atoms with Crippen LogP contribution in [0, 0.1) is 17.6 Å². The number of hydrogen-bond acceptors (Lipinski definition) is 1. The van der Waals surface area contributed by atoms with Crippen LogP contribution in [0.4, 0.5) is 8.78 Å². The molecule has 0 aliphatic rings. The molecule has 0 fully saturated rings. The lowest BCUT2D eigenvalue weighted by atomic mass is 9.92. The Morgan fingerprint density at radius 2 is 2.00 bits per heavy atom. The van der Waals surface area contributed by atoms with Crippen LogP contribution in [0.15, 0.2) is 16.6 Å². The van der Waals surface area contributed by atoms with E-state index in [0.717, 1.165) is 6.42 Å². The van der Waals surface area contributed by atoms with Gasteiger partial charge in [0.1, 0.15) is 11.6 Å². The van der Waals surface area contributed by atoms with Gasteiger partial charge >= 0.3 is 0 Å². The van der Waals surface area contributed by atoms with Gasteiger partial charge < -0.3 is 5.73 Å². The van der Waals surface area contributed by atoms with Gasteiger partial charge in [0, 0.05) is 11.6 Å². The molecule has 0 saturated heterocycles. The van der Waals surface area contributed by atoms with Gasteiger partial charge in [0.2, 0.25) is 0 Å². The largest absolute Gasteiger partial charge is 0.324 e. The van der Waals surface area contributed by atoms with Crippen molar-refractivity contribution in [1.29, 1.82) is 0 Å². The van der Waals surface area contributed by atoms with Crippen molar-refractivity contribution in [2.75, 3.05) is 0 Å². The Labute approximate surface area is 96.8 Å². The van der Waals surface area contributed by atoms with E-state index in [2.05, 4.69) is 15.9 Å². The van der Waals surface area contributed by atoms with Gasteiger partial charge in [-0.25, -0.2) is 8.78 Å². The molecule has 0 amide bonds. The second-order valence-corrected chi connectivity index (χ2v) is 4.52. The molecule has 1 rings (SSSR count). The zero-order chi connectivity index (χ0) is 11.6. The zero-order valence-electron chi connectivity index (χ0n) is 8.73. The van der Waals surface area contributed by atoms with E-state index in [4.69, 9.17) is 5.73 Å². The Bertz CT molecular complexity index is 355. The first-order valence-corrected chi connectivity index (χ1v) is 5.67. The molecule has 0 spiro atoms. The monoisotopic (exact) mass is 277 g/mol. The van der Waals surface area contributed by atoms with Gasteiger partial charge in [-0.15, -0.1) is 0 Å². The maximum atomic E-state index is 13.6. The molecule has 1 aromatic carbocycles. The van der Waals surface area contributed by atoms with Crippen molar-refractivity contribution in [3.8, 4) is 0 Å². The summed E-state index contributed by atoms with van der Waals surface area (Å²) in [4.78, 5) is 0. The summed E-state index contributed by atoms with van der Waals surface area (Å²) in [6.07, 6.45) is 0.784. The van der Waals surface area contributed by atoms with E-state index in [1.165, 1.54) is 12.1 Å². The fraction of sp³-hybridized carbons (Fsp3) is 0.455. The molecule has 15 heavy (non-hydrogen) atoms. The summed E-state index contributed by atoms with van der Waals surface area (Å²) in [5.41, 5.74) is 5.79. The highest BCUT2D eigenvalue weighted by Gasteiger charge is 2.22. The first-order valence-electron chi connectivity index (χ1n) is 4.88. The van der Waals surface area contributed by atoms with Crippen LogP contribution in [0.25, 0.3) is 0 Å². The molecule has 0 heterocycles. The van der Waals surface area contributed by atoms with Crippen LogP contribution in [0.2, 0.25) is 0 Å². The molecule has 2 atom stereocenters. The van der Waals surface area contributed by atoms with Crippen molar-refractivity contribution in [3.63, 3.8) is 0 Å². The Balaban J connectivity index is 3.18. The molecule has 84 valence electrons. The van der Waals surface area contributed by atoms with Crippen LogP contribution in [0.1, 0.15) is 31.9 Å². The first-order chi connectivity index (χ1) is 6.99. The Morgan fingerprint density at radius 1 is 1.40 bits per heavy atom. The average Bonchev–Trinajstić information content (AvgIpc) is 2.22. The van der Waals surface area contributed by atoms with Gasteiger partial charge in [0.25, 0.3) is 0 Å². The summed E-state index contributed by atoms with van der Waals surface area (Å²) in [5, 5.41) is 0. The molecule has 1 aromatic rings. The van der Waals surface area contributed by atoms with E-state index in [0.29, 0.717) is 0 Å². The molecular weight excluding hydrogens is 264 g/mol. The molecule has 0 saturated carbocycles.